The molecule has 0 bridgehead atoms. The van der Waals surface area contributed by atoms with E-state index in [9.17, 15) is 9.90 Å². The predicted molar refractivity (Wildman–Crippen MR) is 65.1 cm³/mol. The molecular formula is C11H14ClNO2S. The van der Waals surface area contributed by atoms with Crippen LogP contribution in [0.4, 0.5) is 0 Å². The summed E-state index contributed by atoms with van der Waals surface area (Å²) in [7, 11) is 0. The second kappa shape index (κ2) is 5.17. The molecule has 1 aromatic rings. The molecule has 2 N–H and O–H groups in total. The summed E-state index contributed by atoms with van der Waals surface area (Å²) in [5.74, 6) is -0.175. The lowest BCUT2D eigenvalue weighted by molar-refractivity contribution is 0.0720. The predicted octanol–water partition coefficient (Wildman–Crippen LogP) is 2.43. The third kappa shape index (κ3) is 2.56. The van der Waals surface area contributed by atoms with Crippen molar-refractivity contribution in [2.45, 2.75) is 37.8 Å². The van der Waals surface area contributed by atoms with Gasteiger partial charge in [-0.3, -0.25) is 4.79 Å². The van der Waals surface area contributed by atoms with Crippen molar-refractivity contribution >= 4 is 28.8 Å². The van der Waals surface area contributed by atoms with E-state index in [2.05, 4.69) is 5.32 Å². The summed E-state index contributed by atoms with van der Waals surface area (Å²) in [6.45, 7) is 0. The van der Waals surface area contributed by atoms with Gasteiger partial charge in [0.05, 0.1) is 17.2 Å². The fraction of sp³-hybridized carbons (Fsp3) is 0.545. The molecule has 3 nitrogen and oxygen atoms in total. The van der Waals surface area contributed by atoms with E-state index in [1.54, 1.807) is 11.4 Å². The molecule has 16 heavy (non-hydrogen) atoms. The maximum atomic E-state index is 11.8. The molecule has 2 rings (SSSR count). The highest BCUT2D eigenvalue weighted by Crippen LogP contribution is 2.23. The summed E-state index contributed by atoms with van der Waals surface area (Å²) in [6, 6.07) is 1.58. The number of hydrogen-bond acceptors (Lipinski definition) is 3. The fourth-order valence-electron chi connectivity index (χ4n) is 1.97. The topological polar surface area (TPSA) is 49.3 Å². The van der Waals surface area contributed by atoms with Crippen molar-refractivity contribution in [2.75, 3.05) is 0 Å². The highest BCUT2D eigenvalue weighted by atomic mass is 35.5. The number of thiophene rings is 1. The van der Waals surface area contributed by atoms with Crippen molar-refractivity contribution in [2.24, 2.45) is 0 Å². The molecular weight excluding hydrogens is 246 g/mol. The molecule has 1 fully saturated rings. The molecule has 1 aromatic heterocycles. The van der Waals surface area contributed by atoms with E-state index in [1.807, 2.05) is 0 Å². The van der Waals surface area contributed by atoms with Crippen LogP contribution in [0.2, 0.25) is 5.02 Å². The summed E-state index contributed by atoms with van der Waals surface area (Å²) >= 11 is 7.20. The first-order chi connectivity index (χ1) is 7.68. The molecule has 0 aromatic carbocycles. The number of carbonyl (C=O) groups excluding carboxylic acids is 1. The molecule has 0 saturated heterocycles. The van der Waals surface area contributed by atoms with Crippen LogP contribution in [-0.2, 0) is 0 Å². The Bertz CT molecular complexity index is 380. The lowest BCUT2D eigenvalue weighted by Crippen LogP contribution is -2.44. The molecule has 2 atom stereocenters. The molecule has 1 saturated carbocycles. The van der Waals surface area contributed by atoms with Gasteiger partial charge in [0.15, 0.2) is 0 Å². The van der Waals surface area contributed by atoms with Gasteiger partial charge in [-0.2, -0.15) is 0 Å². The maximum absolute atomic E-state index is 11.8. The van der Waals surface area contributed by atoms with Crippen molar-refractivity contribution in [3.8, 4) is 0 Å². The molecule has 0 aliphatic heterocycles. The van der Waals surface area contributed by atoms with Gasteiger partial charge in [0.25, 0.3) is 5.91 Å². The third-order valence-electron chi connectivity index (χ3n) is 2.87. The van der Waals surface area contributed by atoms with Crippen LogP contribution >= 0.6 is 22.9 Å². The van der Waals surface area contributed by atoms with Crippen molar-refractivity contribution < 1.29 is 9.90 Å². The molecule has 5 heteroatoms. The lowest BCUT2D eigenvalue weighted by Gasteiger charge is -2.28. The Balaban J connectivity index is 1.99. The van der Waals surface area contributed by atoms with Crippen LogP contribution in [0.15, 0.2) is 11.4 Å². The van der Waals surface area contributed by atoms with Crippen LogP contribution in [-0.4, -0.2) is 23.2 Å². The second-order valence-electron chi connectivity index (χ2n) is 4.03. The Labute approximate surface area is 103 Å². The molecule has 1 aliphatic carbocycles. The first-order valence-electron chi connectivity index (χ1n) is 5.40. The first kappa shape index (κ1) is 11.9. The van der Waals surface area contributed by atoms with E-state index in [1.165, 1.54) is 11.3 Å². The zero-order chi connectivity index (χ0) is 11.5. The van der Waals surface area contributed by atoms with Gasteiger partial charge >= 0.3 is 0 Å². The van der Waals surface area contributed by atoms with E-state index in [0.29, 0.717) is 9.90 Å². The average molecular weight is 260 g/mol. The average Bonchev–Trinajstić information content (AvgIpc) is 2.68. The number of aliphatic hydroxyl groups is 1. The molecule has 1 amide bonds. The Morgan fingerprint density at radius 3 is 2.88 bits per heavy atom. The zero-order valence-corrected chi connectivity index (χ0v) is 10.4. The van der Waals surface area contributed by atoms with E-state index < -0.39 is 6.10 Å². The summed E-state index contributed by atoms with van der Waals surface area (Å²) in [4.78, 5) is 12.4. The van der Waals surface area contributed by atoms with Crippen molar-refractivity contribution in [3.05, 3.63) is 21.3 Å². The number of rotatable bonds is 2. The summed E-state index contributed by atoms with van der Waals surface area (Å²) < 4.78 is 0. The molecule has 1 heterocycles. The molecule has 0 spiro atoms. The normalized spacial score (nSPS) is 25.4. The van der Waals surface area contributed by atoms with Crippen LogP contribution in [0.1, 0.15) is 35.4 Å². The van der Waals surface area contributed by atoms with Gasteiger partial charge in [-0.15, -0.1) is 11.3 Å². The number of amides is 1. The Kier molecular flexibility index (Phi) is 3.84. The molecule has 0 radical (unpaired) electrons. The van der Waals surface area contributed by atoms with Crippen molar-refractivity contribution in [3.63, 3.8) is 0 Å². The van der Waals surface area contributed by atoms with Crippen LogP contribution in [0.25, 0.3) is 0 Å². The monoisotopic (exact) mass is 259 g/mol. The van der Waals surface area contributed by atoms with Gasteiger partial charge in [-0.05, 0) is 24.3 Å². The molecule has 1 aliphatic rings. The number of nitrogens with one attached hydrogen (secondary N) is 1. The molecule has 0 unspecified atom stereocenters. The van der Waals surface area contributed by atoms with E-state index in [0.717, 1.165) is 25.7 Å². The maximum Gasteiger partial charge on any atom is 0.263 e. The van der Waals surface area contributed by atoms with Gasteiger partial charge in [0.1, 0.15) is 4.88 Å². The van der Waals surface area contributed by atoms with Gasteiger partial charge < -0.3 is 10.4 Å². The van der Waals surface area contributed by atoms with Crippen LogP contribution in [0.5, 0.6) is 0 Å². The third-order valence-corrected chi connectivity index (χ3v) is 4.21. The largest absolute Gasteiger partial charge is 0.391 e. The Hall–Kier alpha value is -0.580. The highest BCUT2D eigenvalue weighted by Gasteiger charge is 2.25. The first-order valence-corrected chi connectivity index (χ1v) is 6.66. The summed E-state index contributed by atoms with van der Waals surface area (Å²) in [5, 5.41) is 14.9. The van der Waals surface area contributed by atoms with Crippen molar-refractivity contribution in [1.82, 2.24) is 5.32 Å². The van der Waals surface area contributed by atoms with Gasteiger partial charge in [0.2, 0.25) is 0 Å². The quantitative estimate of drug-likeness (QED) is 0.857. The minimum Gasteiger partial charge on any atom is -0.391 e. The van der Waals surface area contributed by atoms with Crippen LogP contribution < -0.4 is 5.32 Å². The van der Waals surface area contributed by atoms with Crippen molar-refractivity contribution in [1.29, 1.82) is 0 Å². The van der Waals surface area contributed by atoms with E-state index in [-0.39, 0.29) is 11.9 Å². The highest BCUT2D eigenvalue weighted by molar-refractivity contribution is 7.12. The minimum absolute atomic E-state index is 0.126. The van der Waals surface area contributed by atoms with Gasteiger partial charge in [0, 0.05) is 0 Å². The SMILES string of the molecule is O=C(N[C@@H]1CCCC[C@H]1O)c1sccc1Cl. The lowest BCUT2D eigenvalue weighted by atomic mass is 9.92. The van der Waals surface area contributed by atoms with E-state index in [4.69, 9.17) is 11.6 Å². The second-order valence-corrected chi connectivity index (χ2v) is 5.35. The van der Waals surface area contributed by atoms with Gasteiger partial charge in [-0.25, -0.2) is 0 Å². The van der Waals surface area contributed by atoms with Crippen LogP contribution in [0.3, 0.4) is 0 Å². The summed E-state index contributed by atoms with van der Waals surface area (Å²) in [5.41, 5.74) is 0. The standard InChI is InChI=1S/C11H14ClNO2S/c12-7-5-6-16-10(7)11(15)13-8-3-1-2-4-9(8)14/h5-6,8-9,14H,1-4H2,(H,13,15)/t8-,9-/m1/s1. The number of aliphatic hydroxyl groups excluding tert-OH is 1. The Morgan fingerprint density at radius 1 is 1.50 bits per heavy atom. The van der Waals surface area contributed by atoms with Gasteiger partial charge in [-0.1, -0.05) is 24.4 Å². The summed E-state index contributed by atoms with van der Waals surface area (Å²) in [6.07, 6.45) is 3.28. The van der Waals surface area contributed by atoms with Crippen LogP contribution in [0, 0.1) is 0 Å². The smallest absolute Gasteiger partial charge is 0.263 e. The minimum atomic E-state index is -0.420. The zero-order valence-electron chi connectivity index (χ0n) is 8.78. The molecule has 88 valence electrons. The van der Waals surface area contributed by atoms with E-state index >= 15 is 0 Å². The number of halogens is 1. The Morgan fingerprint density at radius 2 is 2.25 bits per heavy atom. The number of hydrogen-bond donors (Lipinski definition) is 2. The number of carbonyl (C=O) groups is 1. The fourth-order valence-corrected chi connectivity index (χ4v) is 3.01.